The molecule has 13 heavy (non-hydrogen) atoms. The van der Waals surface area contributed by atoms with Crippen molar-refractivity contribution >= 4 is 0 Å². The van der Waals surface area contributed by atoms with Crippen molar-refractivity contribution in [1.29, 1.82) is 0 Å². The highest BCUT2D eigenvalue weighted by atomic mass is 19.1. The van der Waals surface area contributed by atoms with Gasteiger partial charge in [-0.2, -0.15) is 0 Å². The number of rotatable bonds is 1. The average molecular weight is 187 g/mol. The van der Waals surface area contributed by atoms with Gasteiger partial charge in [0.1, 0.15) is 5.67 Å². The van der Waals surface area contributed by atoms with Crippen molar-refractivity contribution < 1.29 is 4.39 Å². The number of hydrogen-bond donors (Lipinski definition) is 0. The molecule has 0 N–H and O–H groups in total. The Bertz CT molecular complexity index is 159. The Morgan fingerprint density at radius 3 is 2.08 bits per heavy atom. The van der Waals surface area contributed by atoms with Crippen LogP contribution in [-0.2, 0) is 0 Å². The van der Waals surface area contributed by atoms with E-state index in [-0.39, 0.29) is 0 Å². The lowest BCUT2D eigenvalue weighted by atomic mass is 9.91. The minimum Gasteiger partial charge on any atom is -0.303 e. The Morgan fingerprint density at radius 2 is 1.69 bits per heavy atom. The first-order valence-corrected chi connectivity index (χ1v) is 5.20. The van der Waals surface area contributed by atoms with Crippen LogP contribution in [0.25, 0.3) is 0 Å². The second-order valence-electron chi connectivity index (χ2n) is 5.75. The van der Waals surface area contributed by atoms with E-state index in [4.69, 9.17) is 0 Å². The maximum absolute atomic E-state index is 13.5. The van der Waals surface area contributed by atoms with Crippen molar-refractivity contribution in [2.24, 2.45) is 5.41 Å². The van der Waals surface area contributed by atoms with Gasteiger partial charge in [-0.15, -0.1) is 0 Å². The molecule has 1 rings (SSSR count). The lowest BCUT2D eigenvalue weighted by Crippen LogP contribution is -2.43. The summed E-state index contributed by atoms with van der Waals surface area (Å²) in [6.45, 7) is 11.3. The lowest BCUT2D eigenvalue weighted by Gasteiger charge is -2.37. The summed E-state index contributed by atoms with van der Waals surface area (Å²) in [5.74, 6) is 0. The number of piperidine rings is 1. The van der Waals surface area contributed by atoms with Gasteiger partial charge in [-0.3, -0.25) is 0 Å². The summed E-state index contributed by atoms with van der Waals surface area (Å²) in [7, 11) is 0. The summed E-state index contributed by atoms with van der Waals surface area (Å²) in [6.07, 6.45) is 1.40. The summed E-state index contributed by atoms with van der Waals surface area (Å²) in [6, 6.07) is 0. The van der Waals surface area contributed by atoms with E-state index in [1.54, 1.807) is 6.92 Å². The summed E-state index contributed by atoms with van der Waals surface area (Å²) >= 11 is 0. The number of hydrogen-bond acceptors (Lipinski definition) is 1. The van der Waals surface area contributed by atoms with E-state index >= 15 is 0 Å². The van der Waals surface area contributed by atoms with E-state index in [1.807, 2.05) is 0 Å². The smallest absolute Gasteiger partial charge is 0.110 e. The first-order valence-electron chi connectivity index (χ1n) is 5.20. The third kappa shape index (κ3) is 4.08. The topological polar surface area (TPSA) is 3.24 Å². The predicted octanol–water partition coefficient (Wildman–Crippen LogP) is 2.86. The van der Waals surface area contributed by atoms with Crippen LogP contribution in [-0.4, -0.2) is 30.2 Å². The molecule has 78 valence electrons. The maximum Gasteiger partial charge on any atom is 0.110 e. The first-order chi connectivity index (χ1) is 5.79. The Hall–Kier alpha value is -0.110. The zero-order chi connectivity index (χ0) is 10.1. The third-order valence-electron chi connectivity index (χ3n) is 2.60. The number of halogens is 1. The van der Waals surface area contributed by atoms with Crippen LogP contribution in [0.4, 0.5) is 4.39 Å². The molecule has 2 heteroatoms. The van der Waals surface area contributed by atoms with Crippen LogP contribution in [0.1, 0.15) is 40.5 Å². The van der Waals surface area contributed by atoms with E-state index in [1.165, 1.54) is 0 Å². The van der Waals surface area contributed by atoms with Crippen LogP contribution in [0.2, 0.25) is 0 Å². The fraction of sp³-hybridized carbons (Fsp3) is 1.00. The molecule has 0 amide bonds. The molecule has 1 nitrogen and oxygen atoms in total. The number of nitrogens with zero attached hydrogens (tertiary/aromatic N) is 1. The third-order valence-corrected chi connectivity index (χ3v) is 2.60. The second kappa shape index (κ2) is 3.56. The van der Waals surface area contributed by atoms with E-state index in [0.717, 1.165) is 19.6 Å². The van der Waals surface area contributed by atoms with Crippen molar-refractivity contribution in [2.45, 2.75) is 46.2 Å². The van der Waals surface area contributed by atoms with Gasteiger partial charge < -0.3 is 4.90 Å². The van der Waals surface area contributed by atoms with Crippen LogP contribution in [0.5, 0.6) is 0 Å². The van der Waals surface area contributed by atoms with Gasteiger partial charge >= 0.3 is 0 Å². The summed E-state index contributed by atoms with van der Waals surface area (Å²) in [5, 5.41) is 0. The summed E-state index contributed by atoms with van der Waals surface area (Å²) in [4.78, 5) is 2.38. The second-order valence-corrected chi connectivity index (χ2v) is 5.75. The molecule has 0 bridgehead atoms. The molecule has 0 unspecified atom stereocenters. The van der Waals surface area contributed by atoms with Gasteiger partial charge in [-0.1, -0.05) is 20.8 Å². The molecule has 0 spiro atoms. The van der Waals surface area contributed by atoms with Crippen molar-refractivity contribution in [3.05, 3.63) is 0 Å². The molecule has 1 saturated heterocycles. The molecule has 0 radical (unpaired) electrons. The molecular weight excluding hydrogens is 165 g/mol. The summed E-state index contributed by atoms with van der Waals surface area (Å²) < 4.78 is 13.5. The normalized spacial score (nSPS) is 24.7. The van der Waals surface area contributed by atoms with Crippen molar-refractivity contribution in [3.8, 4) is 0 Å². The summed E-state index contributed by atoms with van der Waals surface area (Å²) in [5.41, 5.74) is -0.571. The monoisotopic (exact) mass is 187 g/mol. The van der Waals surface area contributed by atoms with E-state index in [2.05, 4.69) is 25.7 Å². The van der Waals surface area contributed by atoms with Gasteiger partial charge in [0.25, 0.3) is 0 Å². The fourth-order valence-corrected chi connectivity index (χ4v) is 1.85. The molecule has 0 saturated carbocycles. The van der Waals surface area contributed by atoms with Gasteiger partial charge in [0, 0.05) is 19.6 Å². The SMILES string of the molecule is CC(C)(C)CN1CCC(C)(F)CC1. The van der Waals surface area contributed by atoms with E-state index in [0.29, 0.717) is 18.3 Å². The molecule has 1 heterocycles. The molecule has 0 aliphatic carbocycles. The predicted molar refractivity (Wildman–Crippen MR) is 54.6 cm³/mol. The molecular formula is C11H22FN. The standard InChI is InChI=1S/C11H22FN/c1-10(2,3)9-13-7-5-11(4,12)6-8-13/h5-9H2,1-4H3. The highest BCUT2D eigenvalue weighted by Crippen LogP contribution is 2.27. The molecule has 1 aliphatic heterocycles. The Balaban J connectivity index is 2.34. The first kappa shape index (κ1) is 11.0. The Morgan fingerprint density at radius 1 is 1.23 bits per heavy atom. The largest absolute Gasteiger partial charge is 0.303 e. The Labute approximate surface area is 81.3 Å². The van der Waals surface area contributed by atoms with Gasteiger partial charge in [-0.05, 0) is 25.2 Å². The quantitative estimate of drug-likeness (QED) is 0.610. The molecule has 1 fully saturated rings. The fourth-order valence-electron chi connectivity index (χ4n) is 1.85. The van der Waals surface area contributed by atoms with Crippen LogP contribution >= 0.6 is 0 Å². The Kier molecular flexibility index (Phi) is 3.01. The van der Waals surface area contributed by atoms with Crippen LogP contribution in [0.3, 0.4) is 0 Å². The van der Waals surface area contributed by atoms with Gasteiger partial charge in [0.2, 0.25) is 0 Å². The molecule has 1 aliphatic rings. The minimum absolute atomic E-state index is 0.337. The molecule has 0 aromatic heterocycles. The van der Waals surface area contributed by atoms with Crippen LogP contribution < -0.4 is 0 Å². The van der Waals surface area contributed by atoms with Gasteiger partial charge in [0.15, 0.2) is 0 Å². The minimum atomic E-state index is -0.908. The van der Waals surface area contributed by atoms with Gasteiger partial charge in [0.05, 0.1) is 0 Å². The van der Waals surface area contributed by atoms with Crippen molar-refractivity contribution in [1.82, 2.24) is 4.90 Å². The molecule has 0 aromatic rings. The van der Waals surface area contributed by atoms with Crippen molar-refractivity contribution in [3.63, 3.8) is 0 Å². The van der Waals surface area contributed by atoms with E-state index < -0.39 is 5.67 Å². The van der Waals surface area contributed by atoms with Crippen LogP contribution in [0.15, 0.2) is 0 Å². The van der Waals surface area contributed by atoms with Gasteiger partial charge in [-0.25, -0.2) is 4.39 Å². The maximum atomic E-state index is 13.5. The zero-order valence-corrected chi connectivity index (χ0v) is 9.36. The number of alkyl halides is 1. The molecule has 0 atom stereocenters. The van der Waals surface area contributed by atoms with Crippen molar-refractivity contribution in [2.75, 3.05) is 19.6 Å². The van der Waals surface area contributed by atoms with E-state index in [9.17, 15) is 4.39 Å². The van der Waals surface area contributed by atoms with Crippen LogP contribution in [0, 0.1) is 5.41 Å². The highest BCUT2D eigenvalue weighted by Gasteiger charge is 2.30. The number of likely N-dealkylation sites (tertiary alicyclic amines) is 1. The molecule has 0 aromatic carbocycles. The average Bonchev–Trinajstić information content (AvgIpc) is 1.91. The lowest BCUT2D eigenvalue weighted by molar-refractivity contribution is 0.0573. The zero-order valence-electron chi connectivity index (χ0n) is 9.36. The highest BCUT2D eigenvalue weighted by molar-refractivity contribution is 4.83.